The average Bonchev–Trinajstić information content (AvgIpc) is 2.21. The van der Waals surface area contributed by atoms with E-state index in [2.05, 4.69) is 11.6 Å². The third kappa shape index (κ3) is 5.50. The number of thioether (sulfide) groups is 1. The lowest BCUT2D eigenvalue weighted by Gasteiger charge is -2.17. The number of nitrogens with two attached hydrogens (primary N) is 1. The normalized spacial score (nSPS) is 14.9. The van der Waals surface area contributed by atoms with Gasteiger partial charge >= 0.3 is 0 Å². The first-order valence-corrected chi connectivity index (χ1v) is 6.55. The number of hydrogen-bond acceptors (Lipinski definition) is 3. The summed E-state index contributed by atoms with van der Waals surface area (Å²) in [6.07, 6.45) is 4.02. The van der Waals surface area contributed by atoms with Gasteiger partial charge in [-0.2, -0.15) is 11.8 Å². The summed E-state index contributed by atoms with van der Waals surface area (Å²) in [5, 5.41) is 2.86. The maximum Gasteiger partial charge on any atom is 0.237 e. The Morgan fingerprint density at radius 3 is 2.71 bits per heavy atom. The lowest BCUT2D eigenvalue weighted by Crippen LogP contribution is -2.44. The quantitative estimate of drug-likeness (QED) is 0.632. The van der Waals surface area contributed by atoms with Gasteiger partial charge in [-0.05, 0) is 24.3 Å². The molecular weight excluding hydrogens is 196 g/mol. The number of amides is 1. The fraction of sp³-hybridized carbons (Fsp3) is 0.900. The summed E-state index contributed by atoms with van der Waals surface area (Å²) in [4.78, 5) is 11.5. The minimum Gasteiger partial charge on any atom is -0.355 e. The highest BCUT2D eigenvalue weighted by molar-refractivity contribution is 7.98. The van der Waals surface area contributed by atoms with Crippen LogP contribution in [0.5, 0.6) is 0 Å². The predicted octanol–water partition coefficient (Wildman–Crippen LogP) is 1.23. The largest absolute Gasteiger partial charge is 0.355 e. The van der Waals surface area contributed by atoms with Crippen LogP contribution in [0, 0.1) is 5.92 Å². The van der Waals surface area contributed by atoms with Gasteiger partial charge in [-0.15, -0.1) is 0 Å². The lowest BCUT2D eigenvalue weighted by atomic mass is 9.99. The zero-order valence-electron chi connectivity index (χ0n) is 9.38. The molecule has 0 saturated carbocycles. The van der Waals surface area contributed by atoms with Crippen molar-refractivity contribution in [2.24, 2.45) is 11.7 Å². The Morgan fingerprint density at radius 2 is 2.21 bits per heavy atom. The van der Waals surface area contributed by atoms with Crippen molar-refractivity contribution in [1.29, 1.82) is 0 Å². The molecule has 0 aliphatic carbocycles. The third-order valence-corrected chi connectivity index (χ3v) is 3.08. The van der Waals surface area contributed by atoms with Crippen molar-refractivity contribution in [3.05, 3.63) is 0 Å². The van der Waals surface area contributed by atoms with Crippen LogP contribution in [0.2, 0.25) is 0 Å². The van der Waals surface area contributed by atoms with Crippen molar-refractivity contribution in [3.63, 3.8) is 0 Å². The van der Waals surface area contributed by atoms with E-state index >= 15 is 0 Å². The van der Waals surface area contributed by atoms with Crippen molar-refractivity contribution in [1.82, 2.24) is 5.32 Å². The highest BCUT2D eigenvalue weighted by Gasteiger charge is 2.18. The number of carbonyl (C=O) groups excluding carboxylic acids is 1. The molecule has 1 amide bonds. The summed E-state index contributed by atoms with van der Waals surface area (Å²) in [6, 6.07) is -0.353. The average molecular weight is 218 g/mol. The lowest BCUT2D eigenvalue weighted by molar-refractivity contribution is -0.123. The van der Waals surface area contributed by atoms with Crippen molar-refractivity contribution < 1.29 is 4.79 Å². The van der Waals surface area contributed by atoms with Crippen LogP contribution in [-0.4, -0.2) is 30.5 Å². The summed E-state index contributed by atoms with van der Waals surface area (Å²) < 4.78 is 0. The summed E-state index contributed by atoms with van der Waals surface area (Å²) in [7, 11) is 0. The Bertz CT molecular complexity index is 164. The summed E-state index contributed by atoms with van der Waals surface area (Å²) in [5.41, 5.74) is 5.77. The van der Waals surface area contributed by atoms with E-state index in [9.17, 15) is 4.79 Å². The van der Waals surface area contributed by atoms with Gasteiger partial charge in [0.1, 0.15) is 0 Å². The molecule has 4 heteroatoms. The first kappa shape index (κ1) is 13.8. The van der Waals surface area contributed by atoms with E-state index in [1.54, 1.807) is 11.8 Å². The molecule has 3 N–H and O–H groups in total. The number of hydrogen-bond donors (Lipinski definition) is 2. The zero-order chi connectivity index (χ0) is 11.0. The molecule has 0 aliphatic rings. The predicted molar refractivity (Wildman–Crippen MR) is 63.4 cm³/mol. The SMILES string of the molecule is CCC(C)[C@H](N)C(=O)NCCCSC. The molecule has 0 aromatic carbocycles. The van der Waals surface area contributed by atoms with Crippen molar-refractivity contribution >= 4 is 17.7 Å². The van der Waals surface area contributed by atoms with E-state index in [-0.39, 0.29) is 17.9 Å². The molecular formula is C10H22N2OS. The van der Waals surface area contributed by atoms with Crippen LogP contribution in [0.25, 0.3) is 0 Å². The van der Waals surface area contributed by atoms with E-state index in [1.807, 2.05) is 13.8 Å². The minimum absolute atomic E-state index is 0.0135. The molecule has 2 atom stereocenters. The fourth-order valence-corrected chi connectivity index (χ4v) is 1.49. The standard InChI is InChI=1S/C10H22N2OS/c1-4-8(2)9(11)10(13)12-6-5-7-14-3/h8-9H,4-7,11H2,1-3H3,(H,12,13)/t8?,9-/m0/s1. The number of nitrogens with one attached hydrogen (secondary N) is 1. The van der Waals surface area contributed by atoms with Crippen molar-refractivity contribution in [2.45, 2.75) is 32.7 Å². The highest BCUT2D eigenvalue weighted by atomic mass is 32.2. The van der Waals surface area contributed by atoms with Crippen LogP contribution in [0.15, 0.2) is 0 Å². The number of rotatable bonds is 7. The maximum atomic E-state index is 11.5. The molecule has 0 fully saturated rings. The molecule has 3 nitrogen and oxygen atoms in total. The zero-order valence-corrected chi connectivity index (χ0v) is 10.2. The van der Waals surface area contributed by atoms with Crippen molar-refractivity contribution in [2.75, 3.05) is 18.6 Å². The Kier molecular flexibility index (Phi) is 7.99. The molecule has 14 heavy (non-hydrogen) atoms. The Morgan fingerprint density at radius 1 is 1.57 bits per heavy atom. The molecule has 84 valence electrons. The second kappa shape index (κ2) is 8.12. The smallest absolute Gasteiger partial charge is 0.237 e. The first-order chi connectivity index (χ1) is 6.63. The Balaban J connectivity index is 3.62. The van der Waals surface area contributed by atoms with E-state index in [1.165, 1.54) is 0 Å². The van der Waals surface area contributed by atoms with Crippen LogP contribution in [0.1, 0.15) is 26.7 Å². The van der Waals surface area contributed by atoms with Gasteiger partial charge in [0.15, 0.2) is 0 Å². The van der Waals surface area contributed by atoms with E-state index in [0.717, 1.165) is 25.1 Å². The molecule has 0 aromatic rings. The second-order valence-corrected chi connectivity index (χ2v) is 4.53. The second-order valence-electron chi connectivity index (χ2n) is 3.55. The monoisotopic (exact) mass is 218 g/mol. The Hall–Kier alpha value is -0.220. The van der Waals surface area contributed by atoms with Gasteiger partial charge in [-0.3, -0.25) is 4.79 Å². The maximum absolute atomic E-state index is 11.5. The topological polar surface area (TPSA) is 55.1 Å². The van der Waals surface area contributed by atoms with E-state index < -0.39 is 0 Å². The van der Waals surface area contributed by atoms with Gasteiger partial charge in [0.05, 0.1) is 6.04 Å². The van der Waals surface area contributed by atoms with Crippen LogP contribution in [0.3, 0.4) is 0 Å². The minimum atomic E-state index is -0.353. The van der Waals surface area contributed by atoms with E-state index in [0.29, 0.717) is 0 Å². The molecule has 0 spiro atoms. The van der Waals surface area contributed by atoms with Gasteiger partial charge in [0.2, 0.25) is 5.91 Å². The van der Waals surface area contributed by atoms with Crippen LogP contribution >= 0.6 is 11.8 Å². The van der Waals surface area contributed by atoms with Gasteiger partial charge in [0, 0.05) is 6.54 Å². The molecule has 0 saturated heterocycles. The van der Waals surface area contributed by atoms with Crippen LogP contribution < -0.4 is 11.1 Å². The molecule has 0 bridgehead atoms. The van der Waals surface area contributed by atoms with Crippen LogP contribution in [-0.2, 0) is 4.79 Å². The highest BCUT2D eigenvalue weighted by Crippen LogP contribution is 2.04. The molecule has 0 aliphatic heterocycles. The molecule has 0 radical (unpaired) electrons. The number of carbonyl (C=O) groups is 1. The van der Waals surface area contributed by atoms with E-state index in [4.69, 9.17) is 5.73 Å². The summed E-state index contributed by atoms with van der Waals surface area (Å²) in [5.74, 6) is 1.33. The van der Waals surface area contributed by atoms with Gasteiger partial charge in [-0.1, -0.05) is 20.3 Å². The molecule has 1 unspecified atom stereocenters. The third-order valence-electron chi connectivity index (χ3n) is 2.38. The van der Waals surface area contributed by atoms with Gasteiger partial charge in [0.25, 0.3) is 0 Å². The molecule has 0 aromatic heterocycles. The molecule has 0 heterocycles. The first-order valence-electron chi connectivity index (χ1n) is 5.15. The Labute approximate surface area is 91.2 Å². The summed E-state index contributed by atoms with van der Waals surface area (Å²) >= 11 is 1.79. The molecule has 0 rings (SSSR count). The van der Waals surface area contributed by atoms with Crippen molar-refractivity contribution in [3.8, 4) is 0 Å². The summed E-state index contributed by atoms with van der Waals surface area (Å²) in [6.45, 7) is 4.79. The van der Waals surface area contributed by atoms with Gasteiger partial charge in [-0.25, -0.2) is 0 Å². The van der Waals surface area contributed by atoms with Gasteiger partial charge < -0.3 is 11.1 Å². The fourth-order valence-electron chi connectivity index (χ4n) is 1.06. The van der Waals surface area contributed by atoms with Crippen LogP contribution in [0.4, 0.5) is 0 Å².